The average Bonchev–Trinajstić information content (AvgIpc) is 2.27. The van der Waals surface area contributed by atoms with E-state index in [-0.39, 0.29) is 24.7 Å². The topological polar surface area (TPSA) is 57.0 Å². The highest BCUT2D eigenvalue weighted by Crippen LogP contribution is 2.14. The van der Waals surface area contributed by atoms with Crippen molar-refractivity contribution in [1.29, 1.82) is 0 Å². The van der Waals surface area contributed by atoms with Gasteiger partial charge in [0, 0.05) is 6.42 Å². The minimum absolute atomic E-state index is 0.0502. The van der Waals surface area contributed by atoms with Gasteiger partial charge in [0.05, 0.1) is 20.3 Å². The van der Waals surface area contributed by atoms with Crippen LogP contribution in [0.5, 0.6) is 0 Å². The van der Waals surface area contributed by atoms with E-state index in [0.717, 1.165) is 0 Å². The molecule has 0 saturated carbocycles. The molecule has 0 aromatic heterocycles. The van der Waals surface area contributed by atoms with E-state index in [2.05, 4.69) is 9.58 Å². The smallest absolute Gasteiger partial charge is 0.336 e. The van der Waals surface area contributed by atoms with Crippen LogP contribution in [0.2, 0.25) is 0 Å². The zero-order valence-electron chi connectivity index (χ0n) is 9.70. The van der Waals surface area contributed by atoms with Gasteiger partial charge in [-0.15, -0.1) is 0 Å². The van der Waals surface area contributed by atoms with E-state index in [1.165, 1.54) is 7.11 Å². The maximum atomic E-state index is 11.3. The van der Waals surface area contributed by atoms with E-state index >= 15 is 0 Å². The van der Waals surface area contributed by atoms with Crippen molar-refractivity contribution in [2.45, 2.75) is 26.7 Å². The molecule has 0 saturated heterocycles. The molecule has 16 heavy (non-hydrogen) atoms. The lowest BCUT2D eigenvalue weighted by atomic mass is 10.1. The van der Waals surface area contributed by atoms with Crippen molar-refractivity contribution in [1.82, 2.24) is 0 Å². The van der Waals surface area contributed by atoms with Gasteiger partial charge in [0.2, 0.25) is 0 Å². The Morgan fingerprint density at radius 3 is 2.38 bits per heavy atom. The van der Waals surface area contributed by atoms with Gasteiger partial charge in [0.1, 0.15) is 0 Å². The fourth-order valence-corrected chi connectivity index (χ4v) is 1.02. The second-order valence-electron chi connectivity index (χ2n) is 3.04. The molecular formula is C11H15NO4. The highest BCUT2D eigenvalue weighted by Gasteiger charge is 2.15. The summed E-state index contributed by atoms with van der Waals surface area (Å²) in [5, 5.41) is 0. The maximum absolute atomic E-state index is 11.3. The highest BCUT2D eigenvalue weighted by atomic mass is 16.5. The van der Waals surface area contributed by atoms with Gasteiger partial charge >= 0.3 is 11.9 Å². The zero-order chi connectivity index (χ0) is 12.6. The van der Waals surface area contributed by atoms with Gasteiger partial charge in [-0.05, 0) is 13.3 Å². The third-order valence-corrected chi connectivity index (χ3v) is 1.92. The lowest BCUT2D eigenvalue weighted by Gasteiger charge is -2.04. The normalized spacial score (nSPS) is 11.1. The second-order valence-corrected chi connectivity index (χ2v) is 3.04. The Kier molecular flexibility index (Phi) is 6.61. The van der Waals surface area contributed by atoms with Crippen molar-refractivity contribution in [2.75, 3.05) is 13.7 Å². The Hall–Kier alpha value is -1.83. The first kappa shape index (κ1) is 14.2. The van der Waals surface area contributed by atoms with Crippen LogP contribution in [0.25, 0.3) is 4.85 Å². The number of hydrogen-bond acceptors (Lipinski definition) is 4. The minimum atomic E-state index is -0.639. The Balaban J connectivity index is 4.57. The van der Waals surface area contributed by atoms with Gasteiger partial charge in [-0.1, -0.05) is 12.5 Å². The standard InChI is InChI=1S/C11H15NO4/c1-5-16-11(14)10(12-3)8(2)6-7-9(13)15-4/h5-7H2,1-2,4H3/b10-8+. The van der Waals surface area contributed by atoms with E-state index < -0.39 is 5.97 Å². The molecule has 0 spiro atoms. The highest BCUT2D eigenvalue weighted by molar-refractivity contribution is 5.91. The predicted molar refractivity (Wildman–Crippen MR) is 57.2 cm³/mol. The second kappa shape index (κ2) is 7.46. The van der Waals surface area contributed by atoms with Crippen LogP contribution in [-0.4, -0.2) is 25.7 Å². The van der Waals surface area contributed by atoms with Crippen LogP contribution in [0.15, 0.2) is 11.3 Å². The Morgan fingerprint density at radius 1 is 1.31 bits per heavy atom. The SMILES string of the molecule is [C-]#[N+]/C(C(=O)OCC)=C(\C)CCC(=O)OC. The lowest BCUT2D eigenvalue weighted by Crippen LogP contribution is -2.08. The first-order valence-corrected chi connectivity index (χ1v) is 4.87. The fraction of sp³-hybridized carbons (Fsp3) is 0.545. The van der Waals surface area contributed by atoms with Gasteiger partial charge < -0.3 is 9.47 Å². The van der Waals surface area contributed by atoms with E-state index in [4.69, 9.17) is 11.3 Å². The van der Waals surface area contributed by atoms with Crippen molar-refractivity contribution < 1.29 is 19.1 Å². The van der Waals surface area contributed by atoms with E-state index in [0.29, 0.717) is 12.0 Å². The molecule has 0 aromatic carbocycles. The average molecular weight is 225 g/mol. The summed E-state index contributed by atoms with van der Waals surface area (Å²) in [6, 6.07) is 0. The van der Waals surface area contributed by atoms with Gasteiger partial charge in [-0.2, -0.15) is 0 Å². The molecule has 0 N–H and O–H groups in total. The van der Waals surface area contributed by atoms with Crippen LogP contribution in [0.4, 0.5) is 0 Å². The predicted octanol–water partition coefficient (Wildman–Crippen LogP) is 1.70. The summed E-state index contributed by atoms with van der Waals surface area (Å²) >= 11 is 0. The van der Waals surface area contributed by atoms with Crippen molar-refractivity contribution in [3.05, 3.63) is 22.7 Å². The maximum Gasteiger partial charge on any atom is 0.336 e. The van der Waals surface area contributed by atoms with Gasteiger partial charge in [0.15, 0.2) is 0 Å². The molecule has 0 bridgehead atoms. The molecule has 0 radical (unpaired) electrons. The number of methoxy groups -OCH3 is 1. The number of hydrogen-bond donors (Lipinski definition) is 0. The quantitative estimate of drug-likeness (QED) is 0.406. The molecule has 5 nitrogen and oxygen atoms in total. The summed E-state index contributed by atoms with van der Waals surface area (Å²) in [4.78, 5) is 25.3. The number of ether oxygens (including phenoxy) is 2. The molecule has 0 aliphatic carbocycles. The monoisotopic (exact) mass is 225 g/mol. The molecule has 88 valence electrons. The molecule has 0 heterocycles. The molecule has 0 unspecified atom stereocenters. The molecular weight excluding hydrogens is 210 g/mol. The van der Waals surface area contributed by atoms with Crippen molar-refractivity contribution in [2.24, 2.45) is 0 Å². The molecule has 5 heteroatoms. The van der Waals surface area contributed by atoms with Crippen LogP contribution < -0.4 is 0 Å². The number of nitrogens with zero attached hydrogens (tertiary/aromatic N) is 1. The summed E-state index contributed by atoms with van der Waals surface area (Å²) in [5.41, 5.74) is 0.490. The van der Waals surface area contributed by atoms with Crippen LogP contribution in [-0.2, 0) is 19.1 Å². The van der Waals surface area contributed by atoms with Crippen molar-refractivity contribution in [3.8, 4) is 0 Å². The molecule has 0 amide bonds. The fourth-order valence-electron chi connectivity index (χ4n) is 1.02. The first-order valence-electron chi connectivity index (χ1n) is 4.87. The summed E-state index contributed by atoms with van der Waals surface area (Å²) < 4.78 is 9.19. The molecule has 0 aliphatic rings. The van der Waals surface area contributed by atoms with Crippen LogP contribution in [0, 0.1) is 6.57 Å². The molecule has 0 atom stereocenters. The van der Waals surface area contributed by atoms with Crippen LogP contribution in [0.3, 0.4) is 0 Å². The summed E-state index contributed by atoms with van der Waals surface area (Å²) in [5.74, 6) is -1.01. The third-order valence-electron chi connectivity index (χ3n) is 1.92. The van der Waals surface area contributed by atoms with E-state index in [9.17, 15) is 9.59 Å². The zero-order valence-corrected chi connectivity index (χ0v) is 9.70. The van der Waals surface area contributed by atoms with Crippen molar-refractivity contribution in [3.63, 3.8) is 0 Å². The molecule has 0 rings (SSSR count). The van der Waals surface area contributed by atoms with E-state index in [1.54, 1.807) is 13.8 Å². The Bertz CT molecular complexity index is 338. The Labute approximate surface area is 94.9 Å². The van der Waals surface area contributed by atoms with Gasteiger partial charge in [-0.3, -0.25) is 9.59 Å². The summed E-state index contributed by atoms with van der Waals surface area (Å²) in [6.07, 6.45) is 0.476. The Morgan fingerprint density at radius 2 is 1.94 bits per heavy atom. The number of carbonyl (C=O) groups excluding carboxylic acids is 2. The van der Waals surface area contributed by atoms with Crippen molar-refractivity contribution >= 4 is 11.9 Å². The van der Waals surface area contributed by atoms with Gasteiger partial charge in [0.25, 0.3) is 5.70 Å². The van der Waals surface area contributed by atoms with Crippen LogP contribution >= 0.6 is 0 Å². The van der Waals surface area contributed by atoms with Gasteiger partial charge in [-0.25, -0.2) is 4.85 Å². The molecule has 0 aromatic rings. The minimum Gasteiger partial charge on any atom is -0.471 e. The largest absolute Gasteiger partial charge is 0.471 e. The summed E-state index contributed by atoms with van der Waals surface area (Å²) in [6.45, 7) is 10.4. The summed E-state index contributed by atoms with van der Waals surface area (Å²) in [7, 11) is 1.29. The van der Waals surface area contributed by atoms with E-state index in [1.807, 2.05) is 0 Å². The number of allylic oxidation sites excluding steroid dienone is 1. The van der Waals surface area contributed by atoms with Crippen LogP contribution in [0.1, 0.15) is 26.7 Å². The molecule has 0 fully saturated rings. The first-order chi connectivity index (χ1) is 7.56. The number of carbonyl (C=O) groups is 2. The third kappa shape index (κ3) is 4.60. The number of esters is 2. The molecule has 0 aliphatic heterocycles. The lowest BCUT2D eigenvalue weighted by molar-refractivity contribution is -0.141. The number of rotatable bonds is 5.